The third kappa shape index (κ3) is 4.35. The molecule has 1 aromatic carbocycles. The summed E-state index contributed by atoms with van der Waals surface area (Å²) in [7, 11) is 0. The van der Waals surface area contributed by atoms with Gasteiger partial charge < -0.3 is 10.3 Å². The number of aromatic amines is 1. The average molecular weight is 474 g/mol. The molecule has 3 aromatic heterocycles. The molecule has 0 aliphatic rings. The van der Waals surface area contributed by atoms with E-state index >= 15 is 0 Å². The minimum absolute atomic E-state index is 0.250. The van der Waals surface area contributed by atoms with Gasteiger partial charge in [-0.25, -0.2) is 9.97 Å². The van der Waals surface area contributed by atoms with Crippen molar-refractivity contribution in [3.63, 3.8) is 0 Å². The van der Waals surface area contributed by atoms with Crippen LogP contribution in [-0.4, -0.2) is 27.4 Å². The zero-order valence-corrected chi connectivity index (χ0v) is 18.7. The Kier molecular flexibility index (Phi) is 5.57. The van der Waals surface area contributed by atoms with Gasteiger partial charge in [0.25, 0.3) is 5.91 Å². The number of nitrogens with one attached hydrogen (secondary N) is 2. The van der Waals surface area contributed by atoms with Gasteiger partial charge in [-0.05, 0) is 53.5 Å². The van der Waals surface area contributed by atoms with Crippen molar-refractivity contribution in [3.05, 3.63) is 71.0 Å². The van der Waals surface area contributed by atoms with Crippen molar-refractivity contribution in [1.29, 1.82) is 5.26 Å². The fraction of sp³-hybridized carbons (Fsp3) is 0.167. The van der Waals surface area contributed by atoms with E-state index in [1.54, 1.807) is 32.2 Å². The van der Waals surface area contributed by atoms with Gasteiger partial charge in [-0.3, -0.25) is 4.79 Å². The predicted molar refractivity (Wildman–Crippen MR) is 124 cm³/mol. The van der Waals surface area contributed by atoms with Crippen LogP contribution < -0.4 is 5.32 Å². The minimum atomic E-state index is -0.640. The SMILES string of the molecule is CC(C)(C#N)CNC(=O)c1cccc(-c2cnc3[nH]c(-c4ccccc4)c(Br)c3c2)n1. The van der Waals surface area contributed by atoms with Crippen molar-refractivity contribution in [3.8, 4) is 28.6 Å². The number of hydrogen-bond donors (Lipinski definition) is 2. The summed E-state index contributed by atoms with van der Waals surface area (Å²) in [5.41, 5.74) is 3.90. The fourth-order valence-electron chi connectivity index (χ4n) is 3.14. The van der Waals surface area contributed by atoms with Crippen molar-refractivity contribution in [2.24, 2.45) is 5.41 Å². The number of carbonyl (C=O) groups is 1. The summed E-state index contributed by atoms with van der Waals surface area (Å²) in [6.45, 7) is 3.80. The molecule has 3 heterocycles. The maximum atomic E-state index is 12.5. The molecule has 31 heavy (non-hydrogen) atoms. The number of amides is 1. The van der Waals surface area contributed by atoms with Crippen molar-refractivity contribution in [2.75, 3.05) is 6.54 Å². The molecule has 2 N–H and O–H groups in total. The van der Waals surface area contributed by atoms with Crippen LogP contribution >= 0.6 is 15.9 Å². The second-order valence-corrected chi connectivity index (χ2v) is 8.68. The number of hydrogen-bond acceptors (Lipinski definition) is 4. The lowest BCUT2D eigenvalue weighted by Gasteiger charge is -2.15. The number of benzene rings is 1. The second-order valence-electron chi connectivity index (χ2n) is 7.89. The Labute approximate surface area is 188 Å². The Morgan fingerprint density at radius 2 is 1.94 bits per heavy atom. The molecule has 0 spiro atoms. The van der Waals surface area contributed by atoms with Crippen LogP contribution in [0.2, 0.25) is 0 Å². The molecule has 0 aliphatic heterocycles. The van der Waals surface area contributed by atoms with Gasteiger partial charge in [0.1, 0.15) is 11.3 Å². The number of pyridine rings is 2. The smallest absolute Gasteiger partial charge is 0.269 e. The van der Waals surface area contributed by atoms with E-state index in [0.717, 1.165) is 32.3 Å². The number of H-pyrrole nitrogens is 1. The first kappa shape index (κ1) is 20.8. The second kappa shape index (κ2) is 8.32. The number of rotatable bonds is 5. The van der Waals surface area contributed by atoms with Gasteiger partial charge in [0.2, 0.25) is 0 Å². The first-order chi connectivity index (χ1) is 14.9. The normalized spacial score (nSPS) is 11.3. The topological polar surface area (TPSA) is 94.5 Å². The number of nitriles is 1. The molecule has 4 aromatic rings. The highest BCUT2D eigenvalue weighted by molar-refractivity contribution is 9.10. The highest BCUT2D eigenvalue weighted by Crippen LogP contribution is 2.35. The Morgan fingerprint density at radius 3 is 2.68 bits per heavy atom. The summed E-state index contributed by atoms with van der Waals surface area (Å²) in [6.07, 6.45) is 1.74. The van der Waals surface area contributed by atoms with Gasteiger partial charge in [0, 0.05) is 23.7 Å². The molecule has 1 amide bonds. The quantitative estimate of drug-likeness (QED) is 0.409. The third-order valence-electron chi connectivity index (χ3n) is 4.92. The van der Waals surface area contributed by atoms with Gasteiger partial charge in [0.15, 0.2) is 0 Å². The van der Waals surface area contributed by atoms with E-state index in [0.29, 0.717) is 11.4 Å². The molecule has 7 heteroatoms. The first-order valence-corrected chi connectivity index (χ1v) is 10.6. The van der Waals surface area contributed by atoms with E-state index in [2.05, 4.69) is 42.3 Å². The van der Waals surface area contributed by atoms with Crippen LogP contribution in [0.25, 0.3) is 33.5 Å². The molecule has 0 fully saturated rings. The molecule has 6 nitrogen and oxygen atoms in total. The van der Waals surface area contributed by atoms with Crippen LogP contribution in [0.5, 0.6) is 0 Å². The maximum absolute atomic E-state index is 12.5. The lowest BCUT2D eigenvalue weighted by atomic mass is 9.96. The lowest BCUT2D eigenvalue weighted by Crippen LogP contribution is -2.33. The molecule has 0 unspecified atom stereocenters. The van der Waals surface area contributed by atoms with Gasteiger partial charge in [-0.15, -0.1) is 0 Å². The molecule has 0 aliphatic carbocycles. The van der Waals surface area contributed by atoms with Gasteiger partial charge >= 0.3 is 0 Å². The van der Waals surface area contributed by atoms with Crippen LogP contribution in [0.1, 0.15) is 24.3 Å². The molecular weight excluding hydrogens is 454 g/mol. The van der Waals surface area contributed by atoms with Crippen molar-refractivity contribution in [2.45, 2.75) is 13.8 Å². The van der Waals surface area contributed by atoms with E-state index < -0.39 is 5.41 Å². The first-order valence-electron chi connectivity index (χ1n) is 9.77. The van der Waals surface area contributed by atoms with E-state index in [1.165, 1.54) is 0 Å². The van der Waals surface area contributed by atoms with Crippen molar-refractivity contribution in [1.82, 2.24) is 20.3 Å². The van der Waals surface area contributed by atoms with Gasteiger partial charge in [0.05, 0.1) is 27.3 Å². The van der Waals surface area contributed by atoms with Crippen molar-refractivity contribution >= 4 is 32.9 Å². The summed E-state index contributed by atoms with van der Waals surface area (Å²) in [6, 6.07) is 19.5. The summed E-state index contributed by atoms with van der Waals surface area (Å²) in [5, 5.41) is 12.8. The van der Waals surface area contributed by atoms with E-state index in [-0.39, 0.29) is 12.5 Å². The zero-order valence-electron chi connectivity index (χ0n) is 17.1. The fourth-order valence-corrected chi connectivity index (χ4v) is 3.77. The summed E-state index contributed by atoms with van der Waals surface area (Å²) >= 11 is 3.70. The number of aromatic nitrogens is 3. The van der Waals surface area contributed by atoms with E-state index in [4.69, 9.17) is 5.26 Å². The van der Waals surface area contributed by atoms with Crippen molar-refractivity contribution < 1.29 is 4.79 Å². The Bertz CT molecular complexity index is 1300. The Morgan fingerprint density at radius 1 is 1.16 bits per heavy atom. The molecule has 0 bridgehead atoms. The molecule has 4 rings (SSSR count). The molecule has 0 saturated heterocycles. The predicted octanol–water partition coefficient (Wildman–Crippen LogP) is 5.33. The largest absolute Gasteiger partial charge is 0.349 e. The molecule has 0 atom stereocenters. The summed E-state index contributed by atoms with van der Waals surface area (Å²) < 4.78 is 0.927. The van der Waals surface area contributed by atoms with E-state index in [1.807, 2.05) is 42.5 Å². The Balaban J connectivity index is 1.65. The van der Waals surface area contributed by atoms with Crippen LogP contribution in [-0.2, 0) is 0 Å². The number of halogens is 1. The zero-order chi connectivity index (χ0) is 22.0. The average Bonchev–Trinajstić information content (AvgIpc) is 3.14. The highest BCUT2D eigenvalue weighted by Gasteiger charge is 2.19. The van der Waals surface area contributed by atoms with Gasteiger partial charge in [-0.1, -0.05) is 36.4 Å². The minimum Gasteiger partial charge on any atom is -0.349 e. The van der Waals surface area contributed by atoms with Gasteiger partial charge in [-0.2, -0.15) is 5.26 Å². The number of fused-ring (bicyclic) bond motifs is 1. The lowest BCUT2D eigenvalue weighted by molar-refractivity contribution is 0.0939. The molecule has 0 saturated carbocycles. The van der Waals surface area contributed by atoms with E-state index in [9.17, 15) is 4.79 Å². The standard InChI is InChI=1S/C24H20BrN5O/c1-24(2,13-26)14-28-23(31)19-10-6-9-18(29-19)16-11-17-20(25)21(30-22(17)27-12-16)15-7-4-3-5-8-15/h3-12H,14H2,1-2H3,(H,27,30)(H,28,31). The number of nitrogens with zero attached hydrogens (tertiary/aromatic N) is 3. The summed E-state index contributed by atoms with van der Waals surface area (Å²) in [5.74, 6) is -0.312. The number of carbonyl (C=O) groups excluding carboxylic acids is 1. The van der Waals surface area contributed by atoms with Crippen LogP contribution in [0, 0.1) is 16.7 Å². The molecular formula is C24H20BrN5O. The summed E-state index contributed by atoms with van der Waals surface area (Å²) in [4.78, 5) is 24.9. The monoisotopic (exact) mass is 473 g/mol. The highest BCUT2D eigenvalue weighted by atomic mass is 79.9. The van der Waals surface area contributed by atoms with Crippen LogP contribution in [0.4, 0.5) is 0 Å². The van der Waals surface area contributed by atoms with Crippen LogP contribution in [0.3, 0.4) is 0 Å². The van der Waals surface area contributed by atoms with Crippen LogP contribution in [0.15, 0.2) is 65.3 Å². The molecule has 154 valence electrons. The Hall–Kier alpha value is -3.50. The third-order valence-corrected chi connectivity index (χ3v) is 5.74. The maximum Gasteiger partial charge on any atom is 0.269 e. The molecule has 0 radical (unpaired) electrons.